The highest BCUT2D eigenvalue weighted by molar-refractivity contribution is 7.18. The van der Waals surface area contributed by atoms with Crippen LogP contribution in [0.2, 0.25) is 0 Å². The zero-order valence-electron chi connectivity index (χ0n) is 12.4. The Balaban J connectivity index is 1.74. The second kappa shape index (κ2) is 5.30. The standard InChI is InChI=1S/C15H22N4S/c1-11-8-20-13-12(11)17-10-18-14(13)16-9-15(2)4-6-19(3)7-5-15/h8,10H,4-7,9H2,1-3H3,(H,16,17,18). The highest BCUT2D eigenvalue weighted by atomic mass is 32.1. The predicted molar refractivity (Wildman–Crippen MR) is 85.5 cm³/mol. The van der Waals surface area contributed by atoms with Crippen molar-refractivity contribution < 1.29 is 0 Å². The molecule has 20 heavy (non-hydrogen) atoms. The smallest absolute Gasteiger partial charge is 0.147 e. The summed E-state index contributed by atoms with van der Waals surface area (Å²) >= 11 is 1.73. The van der Waals surface area contributed by atoms with E-state index in [2.05, 4.69) is 46.5 Å². The number of anilines is 1. The van der Waals surface area contributed by atoms with Gasteiger partial charge in [0.2, 0.25) is 0 Å². The van der Waals surface area contributed by atoms with Gasteiger partial charge in [-0.3, -0.25) is 0 Å². The quantitative estimate of drug-likeness (QED) is 0.943. The molecular weight excluding hydrogens is 268 g/mol. The van der Waals surface area contributed by atoms with E-state index < -0.39 is 0 Å². The molecule has 2 aromatic heterocycles. The van der Waals surface area contributed by atoms with Crippen LogP contribution in [0, 0.1) is 12.3 Å². The van der Waals surface area contributed by atoms with Crippen molar-refractivity contribution in [1.82, 2.24) is 14.9 Å². The Bertz CT molecular complexity index is 599. The maximum atomic E-state index is 4.43. The highest BCUT2D eigenvalue weighted by Gasteiger charge is 2.28. The summed E-state index contributed by atoms with van der Waals surface area (Å²) in [6, 6.07) is 0. The van der Waals surface area contributed by atoms with E-state index in [1.807, 2.05) is 0 Å². The summed E-state index contributed by atoms with van der Waals surface area (Å²) in [6.45, 7) is 7.85. The number of hydrogen-bond donors (Lipinski definition) is 1. The van der Waals surface area contributed by atoms with Gasteiger partial charge in [-0.2, -0.15) is 0 Å². The van der Waals surface area contributed by atoms with E-state index in [0.29, 0.717) is 5.41 Å². The van der Waals surface area contributed by atoms with E-state index in [1.54, 1.807) is 17.7 Å². The highest BCUT2D eigenvalue weighted by Crippen LogP contribution is 2.33. The number of nitrogens with zero attached hydrogens (tertiary/aromatic N) is 3. The molecule has 0 spiro atoms. The Morgan fingerprint density at radius 1 is 1.35 bits per heavy atom. The average Bonchev–Trinajstić information content (AvgIpc) is 2.83. The molecule has 3 rings (SSSR count). The molecule has 108 valence electrons. The van der Waals surface area contributed by atoms with Gasteiger partial charge in [0, 0.05) is 6.54 Å². The maximum Gasteiger partial charge on any atom is 0.147 e. The molecule has 2 aromatic rings. The molecule has 3 heterocycles. The fourth-order valence-electron chi connectivity index (χ4n) is 2.73. The van der Waals surface area contributed by atoms with Gasteiger partial charge in [0.25, 0.3) is 0 Å². The summed E-state index contributed by atoms with van der Waals surface area (Å²) in [7, 11) is 2.20. The van der Waals surface area contributed by atoms with Crippen LogP contribution in [-0.4, -0.2) is 41.5 Å². The van der Waals surface area contributed by atoms with Crippen molar-refractivity contribution in [2.45, 2.75) is 26.7 Å². The largest absolute Gasteiger partial charge is 0.368 e. The Labute approximate surface area is 124 Å². The Morgan fingerprint density at radius 3 is 2.85 bits per heavy atom. The molecule has 0 aliphatic carbocycles. The predicted octanol–water partition coefficient (Wildman–Crippen LogP) is 3.14. The molecule has 0 aromatic carbocycles. The summed E-state index contributed by atoms with van der Waals surface area (Å²) in [5.74, 6) is 0.994. The van der Waals surface area contributed by atoms with Gasteiger partial charge in [0.1, 0.15) is 12.1 Å². The molecule has 0 bridgehead atoms. The van der Waals surface area contributed by atoms with Gasteiger partial charge >= 0.3 is 0 Å². The van der Waals surface area contributed by atoms with Gasteiger partial charge in [-0.15, -0.1) is 11.3 Å². The van der Waals surface area contributed by atoms with E-state index in [1.165, 1.54) is 36.2 Å². The van der Waals surface area contributed by atoms with Crippen molar-refractivity contribution in [2.24, 2.45) is 5.41 Å². The molecule has 0 atom stereocenters. The number of thiophene rings is 1. The fraction of sp³-hybridized carbons (Fsp3) is 0.600. The maximum absolute atomic E-state index is 4.43. The normalized spacial score (nSPS) is 19.4. The fourth-order valence-corrected chi connectivity index (χ4v) is 3.70. The molecule has 0 saturated carbocycles. The molecule has 1 aliphatic rings. The number of piperidine rings is 1. The van der Waals surface area contributed by atoms with Crippen LogP contribution < -0.4 is 5.32 Å². The molecule has 4 nitrogen and oxygen atoms in total. The van der Waals surface area contributed by atoms with Crippen LogP contribution in [0.15, 0.2) is 11.7 Å². The van der Waals surface area contributed by atoms with Crippen LogP contribution in [-0.2, 0) is 0 Å². The van der Waals surface area contributed by atoms with E-state index in [4.69, 9.17) is 0 Å². The van der Waals surface area contributed by atoms with E-state index in [0.717, 1.165) is 17.9 Å². The number of nitrogens with one attached hydrogen (secondary N) is 1. The molecule has 0 radical (unpaired) electrons. The zero-order chi connectivity index (χ0) is 14.2. The number of fused-ring (bicyclic) bond motifs is 1. The molecule has 1 aliphatic heterocycles. The minimum absolute atomic E-state index is 0.371. The van der Waals surface area contributed by atoms with Crippen molar-refractivity contribution in [2.75, 3.05) is 32.0 Å². The second-order valence-electron chi connectivity index (χ2n) is 6.29. The van der Waals surface area contributed by atoms with Gasteiger partial charge in [0.05, 0.1) is 10.2 Å². The number of aromatic nitrogens is 2. The number of aryl methyl sites for hydroxylation is 1. The van der Waals surface area contributed by atoms with Crippen LogP contribution in [0.4, 0.5) is 5.82 Å². The first-order valence-corrected chi connectivity index (χ1v) is 8.07. The van der Waals surface area contributed by atoms with Crippen molar-refractivity contribution in [1.29, 1.82) is 0 Å². The lowest BCUT2D eigenvalue weighted by Crippen LogP contribution is -2.40. The lowest BCUT2D eigenvalue weighted by Gasteiger charge is -2.38. The SMILES string of the molecule is Cc1csc2c(NCC3(C)CCN(C)CC3)ncnc12. The van der Waals surface area contributed by atoms with E-state index >= 15 is 0 Å². The van der Waals surface area contributed by atoms with Gasteiger partial charge in [-0.05, 0) is 56.3 Å². The van der Waals surface area contributed by atoms with E-state index in [9.17, 15) is 0 Å². The van der Waals surface area contributed by atoms with Crippen LogP contribution in [0.3, 0.4) is 0 Å². The first-order valence-electron chi connectivity index (χ1n) is 7.19. The van der Waals surface area contributed by atoms with Crippen LogP contribution in [0.5, 0.6) is 0 Å². The van der Waals surface area contributed by atoms with Crippen molar-refractivity contribution in [3.05, 3.63) is 17.3 Å². The third-order valence-electron chi connectivity index (χ3n) is 4.41. The van der Waals surface area contributed by atoms with E-state index in [-0.39, 0.29) is 0 Å². The summed E-state index contributed by atoms with van der Waals surface area (Å²) in [6.07, 6.45) is 4.16. The Hall–Kier alpha value is -1.20. The zero-order valence-corrected chi connectivity index (χ0v) is 13.3. The van der Waals surface area contributed by atoms with Gasteiger partial charge in [0.15, 0.2) is 0 Å². The monoisotopic (exact) mass is 290 g/mol. The molecule has 1 fully saturated rings. The number of rotatable bonds is 3. The molecule has 1 saturated heterocycles. The van der Waals surface area contributed by atoms with Gasteiger partial charge in [-0.1, -0.05) is 6.92 Å². The molecule has 0 unspecified atom stereocenters. The summed E-state index contributed by atoms with van der Waals surface area (Å²) in [5, 5.41) is 5.72. The minimum atomic E-state index is 0.371. The molecular formula is C15H22N4S. The second-order valence-corrected chi connectivity index (χ2v) is 7.17. The average molecular weight is 290 g/mol. The van der Waals surface area contributed by atoms with Crippen molar-refractivity contribution >= 4 is 27.4 Å². The lowest BCUT2D eigenvalue weighted by molar-refractivity contribution is 0.150. The van der Waals surface area contributed by atoms with Crippen LogP contribution in [0.1, 0.15) is 25.3 Å². The molecule has 0 amide bonds. The number of hydrogen-bond acceptors (Lipinski definition) is 5. The summed E-state index contributed by atoms with van der Waals surface area (Å²) in [5.41, 5.74) is 2.69. The van der Waals surface area contributed by atoms with Gasteiger partial charge in [-0.25, -0.2) is 9.97 Å². The number of likely N-dealkylation sites (tertiary alicyclic amines) is 1. The topological polar surface area (TPSA) is 41.0 Å². The Kier molecular flexibility index (Phi) is 3.65. The third-order valence-corrected chi connectivity index (χ3v) is 5.50. The van der Waals surface area contributed by atoms with Gasteiger partial charge < -0.3 is 10.2 Å². The van der Waals surface area contributed by atoms with Crippen molar-refractivity contribution in [3.63, 3.8) is 0 Å². The summed E-state index contributed by atoms with van der Waals surface area (Å²) < 4.78 is 1.18. The third kappa shape index (κ3) is 2.65. The summed E-state index contributed by atoms with van der Waals surface area (Å²) in [4.78, 5) is 11.2. The molecule has 5 heteroatoms. The van der Waals surface area contributed by atoms with Crippen molar-refractivity contribution in [3.8, 4) is 0 Å². The minimum Gasteiger partial charge on any atom is -0.368 e. The van der Waals surface area contributed by atoms with Crippen LogP contribution in [0.25, 0.3) is 10.2 Å². The first kappa shape index (κ1) is 13.8. The lowest BCUT2D eigenvalue weighted by atomic mass is 9.80. The molecule has 1 N–H and O–H groups in total. The van der Waals surface area contributed by atoms with Crippen LogP contribution >= 0.6 is 11.3 Å². The first-order chi connectivity index (χ1) is 9.57. The Morgan fingerprint density at radius 2 is 2.10 bits per heavy atom.